The lowest BCUT2D eigenvalue weighted by atomic mass is 10.1. The van der Waals surface area contributed by atoms with Gasteiger partial charge in [-0.3, -0.25) is 14.2 Å². The Labute approximate surface area is 184 Å². The summed E-state index contributed by atoms with van der Waals surface area (Å²) >= 11 is 0. The molecule has 0 saturated heterocycles. The van der Waals surface area contributed by atoms with E-state index in [1.54, 1.807) is 12.1 Å². The Bertz CT molecular complexity index is 1380. The summed E-state index contributed by atoms with van der Waals surface area (Å²) in [4.78, 5) is 29.2. The van der Waals surface area contributed by atoms with Gasteiger partial charge in [0.25, 0.3) is 11.5 Å². The maximum atomic E-state index is 13.4. The molecular weight excluding hydrogens is 442 g/mol. The lowest BCUT2D eigenvalue weighted by Crippen LogP contribution is -2.29. The predicted molar refractivity (Wildman–Crippen MR) is 111 cm³/mol. The second-order valence-corrected chi connectivity index (χ2v) is 7.21. The van der Waals surface area contributed by atoms with Gasteiger partial charge in [-0.2, -0.15) is 18.3 Å². The van der Waals surface area contributed by atoms with Crippen LogP contribution >= 0.6 is 0 Å². The van der Waals surface area contributed by atoms with E-state index in [1.165, 1.54) is 46.0 Å². The number of hydrogen-bond acceptors (Lipinski definition) is 4. The van der Waals surface area contributed by atoms with Gasteiger partial charge in [0, 0.05) is 6.54 Å². The number of carbonyl (C=O) groups is 1. The Morgan fingerprint density at radius 1 is 1.09 bits per heavy atom. The van der Waals surface area contributed by atoms with Gasteiger partial charge in [-0.15, -0.1) is 0 Å². The van der Waals surface area contributed by atoms with E-state index < -0.39 is 29.0 Å². The van der Waals surface area contributed by atoms with E-state index in [9.17, 15) is 27.2 Å². The monoisotopic (exact) mass is 459 g/mol. The zero-order valence-corrected chi connectivity index (χ0v) is 17.0. The maximum Gasteiger partial charge on any atom is 0.417 e. The fraction of sp³-hybridized carbons (Fsp3) is 0.182. The van der Waals surface area contributed by atoms with Gasteiger partial charge in [-0.1, -0.05) is 24.3 Å². The normalized spacial score (nSPS) is 11.6. The molecule has 0 saturated carbocycles. The van der Waals surface area contributed by atoms with Gasteiger partial charge in [-0.25, -0.2) is 14.1 Å². The third-order valence-electron chi connectivity index (χ3n) is 4.95. The van der Waals surface area contributed by atoms with Crippen LogP contribution in [0, 0.1) is 5.82 Å². The number of hydrogen-bond donors (Lipinski definition) is 1. The molecule has 7 nitrogen and oxygen atoms in total. The summed E-state index contributed by atoms with van der Waals surface area (Å²) in [5, 5.41) is 6.75. The molecule has 0 spiro atoms. The molecule has 0 fully saturated rings. The third kappa shape index (κ3) is 4.76. The molecule has 0 aliphatic carbocycles. The van der Waals surface area contributed by atoms with Crippen LogP contribution in [0.2, 0.25) is 0 Å². The Morgan fingerprint density at radius 2 is 1.88 bits per heavy atom. The zero-order valence-electron chi connectivity index (χ0n) is 17.0. The lowest BCUT2D eigenvalue weighted by Gasteiger charge is -2.12. The van der Waals surface area contributed by atoms with Crippen LogP contribution < -0.4 is 10.9 Å². The molecule has 2 heterocycles. The van der Waals surface area contributed by atoms with Gasteiger partial charge < -0.3 is 5.32 Å². The Balaban J connectivity index is 1.47. The highest BCUT2D eigenvalue weighted by Crippen LogP contribution is 2.31. The summed E-state index contributed by atoms with van der Waals surface area (Å²) < 4.78 is 55.4. The van der Waals surface area contributed by atoms with Crippen LogP contribution in [0.15, 0.2) is 65.8 Å². The molecule has 1 N–H and O–H groups in total. The van der Waals surface area contributed by atoms with Crippen molar-refractivity contribution < 1.29 is 22.4 Å². The van der Waals surface area contributed by atoms with Crippen molar-refractivity contribution in [1.82, 2.24) is 24.6 Å². The van der Waals surface area contributed by atoms with Crippen LogP contribution in [-0.4, -0.2) is 31.8 Å². The van der Waals surface area contributed by atoms with E-state index >= 15 is 0 Å². The number of nitrogens with one attached hydrogen (secondary N) is 1. The van der Waals surface area contributed by atoms with Crippen molar-refractivity contribution in [3.63, 3.8) is 0 Å². The highest BCUT2D eigenvalue weighted by Gasteiger charge is 2.34. The van der Waals surface area contributed by atoms with Crippen LogP contribution in [0.5, 0.6) is 0 Å². The molecule has 1 amide bonds. The van der Waals surface area contributed by atoms with Gasteiger partial charge >= 0.3 is 6.18 Å². The second kappa shape index (κ2) is 8.85. The summed E-state index contributed by atoms with van der Waals surface area (Å²) in [6.45, 7) is 0.180. The van der Waals surface area contributed by atoms with Gasteiger partial charge in [0.1, 0.15) is 17.5 Å². The van der Waals surface area contributed by atoms with Crippen LogP contribution in [-0.2, 0) is 19.3 Å². The van der Waals surface area contributed by atoms with Gasteiger partial charge in [0.05, 0.1) is 30.4 Å². The molecule has 0 atom stereocenters. The number of benzene rings is 2. The number of nitrogens with zero attached hydrogens (tertiary/aromatic N) is 4. The fourth-order valence-electron chi connectivity index (χ4n) is 3.40. The quantitative estimate of drug-likeness (QED) is 0.449. The molecule has 4 aromatic rings. The van der Waals surface area contributed by atoms with Crippen molar-refractivity contribution in [1.29, 1.82) is 0 Å². The van der Waals surface area contributed by atoms with Gasteiger partial charge in [0.2, 0.25) is 0 Å². The highest BCUT2D eigenvalue weighted by molar-refractivity contribution is 5.95. The summed E-state index contributed by atoms with van der Waals surface area (Å²) in [5.74, 6) is -1.29. The van der Waals surface area contributed by atoms with Crippen LogP contribution in [0.4, 0.5) is 17.6 Å². The van der Waals surface area contributed by atoms with Crippen molar-refractivity contribution in [2.75, 3.05) is 6.54 Å². The van der Waals surface area contributed by atoms with Crippen molar-refractivity contribution >= 4 is 16.9 Å². The first-order chi connectivity index (χ1) is 15.7. The molecule has 170 valence electrons. The number of aromatic nitrogens is 4. The van der Waals surface area contributed by atoms with Gasteiger partial charge in [0.15, 0.2) is 5.65 Å². The molecule has 0 aliphatic rings. The zero-order chi connectivity index (χ0) is 23.6. The summed E-state index contributed by atoms with van der Waals surface area (Å²) in [5.41, 5.74) is -1.02. The largest absolute Gasteiger partial charge is 0.417 e. The summed E-state index contributed by atoms with van der Waals surface area (Å²) in [6, 6.07) is 10.4. The lowest BCUT2D eigenvalue weighted by molar-refractivity contribution is -0.137. The molecular formula is C22H17F4N5O2. The minimum atomic E-state index is -4.65. The van der Waals surface area contributed by atoms with Crippen molar-refractivity contribution in [2.45, 2.75) is 19.3 Å². The molecule has 0 aliphatic heterocycles. The predicted octanol–water partition coefficient (Wildman–Crippen LogP) is 3.23. The smallest absolute Gasteiger partial charge is 0.350 e. The number of halogens is 4. The number of alkyl halides is 3. The maximum absolute atomic E-state index is 13.4. The van der Waals surface area contributed by atoms with Crippen LogP contribution in [0.25, 0.3) is 11.0 Å². The molecule has 2 aromatic heterocycles. The van der Waals surface area contributed by atoms with Crippen molar-refractivity contribution in [3.05, 3.63) is 93.9 Å². The van der Waals surface area contributed by atoms with Crippen molar-refractivity contribution in [3.8, 4) is 0 Å². The van der Waals surface area contributed by atoms with E-state index in [1.807, 2.05) is 0 Å². The first-order valence-corrected chi connectivity index (χ1v) is 9.84. The molecule has 4 rings (SSSR count). The summed E-state index contributed by atoms with van der Waals surface area (Å²) in [7, 11) is 0. The van der Waals surface area contributed by atoms with Crippen LogP contribution in [0.1, 0.15) is 21.5 Å². The molecule has 33 heavy (non-hydrogen) atoms. The number of rotatable bonds is 6. The first-order valence-electron chi connectivity index (χ1n) is 9.84. The minimum absolute atomic E-state index is 0.0319. The molecule has 0 bridgehead atoms. The highest BCUT2D eigenvalue weighted by atomic mass is 19.4. The SMILES string of the molecule is O=C(NCCn1ncc2c(=O)n(Cc3cccc(F)c3)cnc21)c1ccccc1C(F)(F)F. The Morgan fingerprint density at radius 3 is 2.64 bits per heavy atom. The average Bonchev–Trinajstić information content (AvgIpc) is 3.19. The molecule has 0 radical (unpaired) electrons. The second-order valence-electron chi connectivity index (χ2n) is 7.21. The number of amides is 1. The Hall–Kier alpha value is -4.02. The standard InChI is InChI=1S/C22H17F4N5O2/c23-15-5-3-4-14(10-15)12-30-13-28-19-17(21(30)33)11-29-31(19)9-8-27-20(32)16-6-1-2-7-18(16)22(24,25)26/h1-7,10-11,13H,8-9,12H2,(H,27,32). The van der Waals surface area contributed by atoms with E-state index in [2.05, 4.69) is 15.4 Å². The van der Waals surface area contributed by atoms with E-state index in [4.69, 9.17) is 0 Å². The first kappa shape index (κ1) is 22.2. The van der Waals surface area contributed by atoms with E-state index in [-0.39, 0.29) is 36.2 Å². The average molecular weight is 459 g/mol. The molecule has 11 heteroatoms. The third-order valence-corrected chi connectivity index (χ3v) is 4.95. The molecule has 2 aromatic carbocycles. The molecule has 0 unspecified atom stereocenters. The van der Waals surface area contributed by atoms with Gasteiger partial charge in [-0.05, 0) is 29.8 Å². The topological polar surface area (TPSA) is 81.8 Å². The van der Waals surface area contributed by atoms with Crippen molar-refractivity contribution in [2.24, 2.45) is 0 Å². The van der Waals surface area contributed by atoms with Crippen LogP contribution in [0.3, 0.4) is 0 Å². The Kier molecular flexibility index (Phi) is 5.95. The number of fused-ring (bicyclic) bond motifs is 1. The number of carbonyl (C=O) groups excluding carboxylic acids is 1. The summed E-state index contributed by atoms with van der Waals surface area (Å²) in [6.07, 6.45) is -2.01. The fourth-order valence-corrected chi connectivity index (χ4v) is 3.40. The van der Waals surface area contributed by atoms with E-state index in [0.717, 1.165) is 12.1 Å². The minimum Gasteiger partial charge on any atom is -0.350 e. The van der Waals surface area contributed by atoms with E-state index in [0.29, 0.717) is 5.56 Å².